The van der Waals surface area contributed by atoms with E-state index in [2.05, 4.69) is 39.8 Å². The van der Waals surface area contributed by atoms with Crippen LogP contribution in [0.2, 0.25) is 0 Å². The van der Waals surface area contributed by atoms with E-state index in [-0.39, 0.29) is 12.1 Å². The molecule has 25 heavy (non-hydrogen) atoms. The van der Waals surface area contributed by atoms with Crippen molar-refractivity contribution in [3.63, 3.8) is 0 Å². The third-order valence-electron chi connectivity index (χ3n) is 4.36. The predicted octanol–water partition coefficient (Wildman–Crippen LogP) is 3.02. The van der Waals surface area contributed by atoms with E-state index in [1.807, 2.05) is 37.3 Å². The average molecular weight is 339 g/mol. The van der Waals surface area contributed by atoms with Gasteiger partial charge in [0.25, 0.3) is 0 Å². The Kier molecular flexibility index (Phi) is 6.04. The Morgan fingerprint density at radius 1 is 1.16 bits per heavy atom. The van der Waals surface area contributed by atoms with Crippen LogP contribution in [0, 0.1) is 6.92 Å². The molecule has 2 N–H and O–H groups in total. The molecule has 1 heterocycles. The van der Waals surface area contributed by atoms with Gasteiger partial charge in [0.2, 0.25) is 0 Å². The van der Waals surface area contributed by atoms with E-state index in [0.29, 0.717) is 13.2 Å². The van der Waals surface area contributed by atoms with Crippen molar-refractivity contribution in [2.75, 3.05) is 31.6 Å². The number of nitrogens with one attached hydrogen (secondary N) is 2. The molecular weight excluding hydrogens is 314 g/mol. The maximum absolute atomic E-state index is 12.1. The van der Waals surface area contributed by atoms with E-state index in [4.69, 9.17) is 4.74 Å². The maximum atomic E-state index is 12.1. The fourth-order valence-electron chi connectivity index (χ4n) is 2.98. The van der Waals surface area contributed by atoms with Crippen LogP contribution in [0.4, 0.5) is 10.5 Å². The van der Waals surface area contributed by atoms with Crippen molar-refractivity contribution >= 4 is 11.7 Å². The predicted molar refractivity (Wildman–Crippen MR) is 99.7 cm³/mol. The molecule has 0 bridgehead atoms. The number of anilines is 1. The maximum Gasteiger partial charge on any atom is 0.319 e. The largest absolute Gasteiger partial charge is 0.374 e. The van der Waals surface area contributed by atoms with Gasteiger partial charge in [-0.3, -0.25) is 4.90 Å². The van der Waals surface area contributed by atoms with Crippen molar-refractivity contribution in [2.45, 2.75) is 19.6 Å². The molecule has 2 aromatic carbocycles. The number of aryl methyl sites for hydroxylation is 1. The number of amides is 2. The quantitative estimate of drug-likeness (QED) is 0.880. The van der Waals surface area contributed by atoms with Gasteiger partial charge in [-0.1, -0.05) is 48.5 Å². The summed E-state index contributed by atoms with van der Waals surface area (Å²) in [5.74, 6) is 0. The van der Waals surface area contributed by atoms with Gasteiger partial charge in [-0.05, 0) is 24.1 Å². The fraction of sp³-hybridized carbons (Fsp3) is 0.350. The van der Waals surface area contributed by atoms with Crippen molar-refractivity contribution in [2.24, 2.45) is 0 Å². The van der Waals surface area contributed by atoms with Crippen LogP contribution in [-0.2, 0) is 11.3 Å². The monoisotopic (exact) mass is 339 g/mol. The number of urea groups is 1. The highest BCUT2D eigenvalue weighted by Gasteiger charge is 2.21. The highest BCUT2D eigenvalue weighted by atomic mass is 16.5. The standard InChI is InChI=1S/C20H25N3O2/c1-16-7-5-6-10-19(16)22-20(24)21-13-18-15-23(11-12-25-18)14-17-8-3-2-4-9-17/h2-10,18H,11-15H2,1H3,(H2,21,22,24). The van der Waals surface area contributed by atoms with Crippen molar-refractivity contribution in [3.05, 3.63) is 65.7 Å². The molecule has 1 aliphatic heterocycles. The molecule has 0 aliphatic carbocycles. The van der Waals surface area contributed by atoms with E-state index < -0.39 is 0 Å². The lowest BCUT2D eigenvalue weighted by Gasteiger charge is -2.33. The molecule has 2 aromatic rings. The Labute approximate surface area is 149 Å². The minimum Gasteiger partial charge on any atom is -0.374 e. The molecule has 0 spiro atoms. The molecule has 1 aliphatic rings. The lowest BCUT2D eigenvalue weighted by molar-refractivity contribution is -0.0285. The first kappa shape index (κ1) is 17.5. The Balaban J connectivity index is 1.45. The number of hydrogen-bond acceptors (Lipinski definition) is 3. The van der Waals surface area contributed by atoms with Gasteiger partial charge >= 0.3 is 6.03 Å². The number of para-hydroxylation sites is 1. The van der Waals surface area contributed by atoms with Crippen LogP contribution < -0.4 is 10.6 Å². The highest BCUT2D eigenvalue weighted by Crippen LogP contribution is 2.13. The molecule has 3 rings (SSSR count). The molecule has 5 heteroatoms. The first-order valence-corrected chi connectivity index (χ1v) is 8.69. The summed E-state index contributed by atoms with van der Waals surface area (Å²) in [5.41, 5.74) is 3.17. The number of morpholine rings is 1. The summed E-state index contributed by atoms with van der Waals surface area (Å²) in [7, 11) is 0. The molecular formula is C20H25N3O2. The molecule has 132 valence electrons. The minimum atomic E-state index is -0.196. The SMILES string of the molecule is Cc1ccccc1NC(=O)NCC1CN(Cc2ccccc2)CCO1. The molecule has 0 aromatic heterocycles. The van der Waals surface area contributed by atoms with Crippen LogP contribution in [0.1, 0.15) is 11.1 Å². The first-order chi connectivity index (χ1) is 12.2. The van der Waals surface area contributed by atoms with Crippen molar-refractivity contribution in [3.8, 4) is 0 Å². The second kappa shape index (κ2) is 8.65. The zero-order valence-electron chi connectivity index (χ0n) is 14.6. The first-order valence-electron chi connectivity index (χ1n) is 8.69. The van der Waals surface area contributed by atoms with Gasteiger partial charge in [0, 0.05) is 31.9 Å². The summed E-state index contributed by atoms with van der Waals surface area (Å²) >= 11 is 0. The van der Waals surface area contributed by atoms with Crippen LogP contribution in [0.5, 0.6) is 0 Å². The van der Waals surface area contributed by atoms with Crippen molar-refractivity contribution in [1.82, 2.24) is 10.2 Å². The van der Waals surface area contributed by atoms with Crippen LogP contribution in [0.15, 0.2) is 54.6 Å². The zero-order chi connectivity index (χ0) is 17.5. The number of hydrogen-bond donors (Lipinski definition) is 2. The van der Waals surface area contributed by atoms with Crippen LogP contribution >= 0.6 is 0 Å². The molecule has 0 saturated carbocycles. The van der Waals surface area contributed by atoms with Gasteiger partial charge in [-0.25, -0.2) is 4.79 Å². The minimum absolute atomic E-state index is 0.0140. The molecule has 2 amide bonds. The summed E-state index contributed by atoms with van der Waals surface area (Å²) in [6, 6.07) is 18.0. The van der Waals surface area contributed by atoms with Gasteiger partial charge in [-0.15, -0.1) is 0 Å². The zero-order valence-corrected chi connectivity index (χ0v) is 14.6. The van der Waals surface area contributed by atoms with Crippen molar-refractivity contribution < 1.29 is 9.53 Å². The molecule has 5 nitrogen and oxygen atoms in total. The second-order valence-corrected chi connectivity index (χ2v) is 6.36. The third-order valence-corrected chi connectivity index (χ3v) is 4.36. The van der Waals surface area contributed by atoms with Crippen LogP contribution in [0.3, 0.4) is 0 Å². The van der Waals surface area contributed by atoms with Crippen LogP contribution in [0.25, 0.3) is 0 Å². The lowest BCUT2D eigenvalue weighted by Crippen LogP contribution is -2.47. The molecule has 0 radical (unpaired) electrons. The number of benzene rings is 2. The summed E-state index contributed by atoms with van der Waals surface area (Å²) in [6.45, 7) is 5.82. The van der Waals surface area contributed by atoms with Crippen molar-refractivity contribution in [1.29, 1.82) is 0 Å². The topological polar surface area (TPSA) is 53.6 Å². The summed E-state index contributed by atoms with van der Waals surface area (Å²) in [5, 5.41) is 5.79. The third kappa shape index (κ3) is 5.31. The van der Waals surface area contributed by atoms with Gasteiger partial charge < -0.3 is 15.4 Å². The number of ether oxygens (including phenoxy) is 1. The summed E-state index contributed by atoms with van der Waals surface area (Å²) < 4.78 is 5.79. The van der Waals surface area contributed by atoms with Gasteiger partial charge in [-0.2, -0.15) is 0 Å². The smallest absolute Gasteiger partial charge is 0.319 e. The Hall–Kier alpha value is -2.37. The Bertz CT molecular complexity index is 690. The second-order valence-electron chi connectivity index (χ2n) is 6.36. The average Bonchev–Trinajstić information content (AvgIpc) is 2.63. The van der Waals surface area contributed by atoms with E-state index in [0.717, 1.165) is 30.9 Å². The lowest BCUT2D eigenvalue weighted by atomic mass is 10.2. The number of rotatable bonds is 5. The highest BCUT2D eigenvalue weighted by molar-refractivity contribution is 5.90. The molecule has 1 fully saturated rings. The van der Waals surface area contributed by atoms with Gasteiger partial charge in [0.15, 0.2) is 0 Å². The van der Waals surface area contributed by atoms with Gasteiger partial charge in [0.1, 0.15) is 0 Å². The number of carbonyl (C=O) groups excluding carboxylic acids is 1. The Morgan fingerprint density at radius 2 is 1.92 bits per heavy atom. The summed E-state index contributed by atoms with van der Waals surface area (Å²) in [6.07, 6.45) is 0.0140. The number of nitrogens with zero attached hydrogens (tertiary/aromatic N) is 1. The molecule has 1 unspecified atom stereocenters. The van der Waals surface area contributed by atoms with E-state index in [1.165, 1.54) is 5.56 Å². The Morgan fingerprint density at radius 3 is 2.72 bits per heavy atom. The van der Waals surface area contributed by atoms with E-state index in [9.17, 15) is 4.79 Å². The molecule has 1 atom stereocenters. The van der Waals surface area contributed by atoms with Crippen LogP contribution in [-0.4, -0.2) is 43.3 Å². The number of carbonyl (C=O) groups is 1. The van der Waals surface area contributed by atoms with Gasteiger partial charge in [0.05, 0.1) is 12.7 Å². The van der Waals surface area contributed by atoms with E-state index in [1.54, 1.807) is 0 Å². The van der Waals surface area contributed by atoms with E-state index >= 15 is 0 Å². The summed E-state index contributed by atoms with van der Waals surface area (Å²) in [4.78, 5) is 14.5. The normalized spacial score (nSPS) is 17.9. The fourth-order valence-corrected chi connectivity index (χ4v) is 2.98. The molecule has 1 saturated heterocycles.